The minimum Gasteiger partial charge on any atom is -0.481 e. The van der Waals surface area contributed by atoms with Crippen molar-refractivity contribution in [1.29, 1.82) is 0 Å². The molecule has 9 amide bonds. The maximum absolute atomic E-state index is 14.2. The lowest BCUT2D eigenvalue weighted by molar-refractivity contribution is -0.143. The Hall–Kier alpha value is -6.73. The Kier molecular flexibility index (Phi) is 30.7. The Morgan fingerprint density at radius 1 is 0.507 bits per heavy atom. The summed E-state index contributed by atoms with van der Waals surface area (Å²) in [6, 6.07) is -3.69. The standard InChI is InChI=1S/C50H84N12O13/c1-8-29(6)41(62-48(72)35(24-31-16-10-9-11-17-31)57-43(67)32(53)18-12-14-20-51)49(73)60-36(25-39(54)63)47(71)56-33(19-13-15-21-52)44(68)58-34(22-27(2)3)46(70)59-37(26-40(64)65)45(69)55-30(7)42(66)61-38(50(74)75)23-28(4)5/h9-11,16-17,27-30,32-38,41H,8,12-15,18-26,51-53H2,1-7H3,(H2,54,63)(H,55,69)(H,56,71)(H,57,67)(H,58,68)(H,59,70)(H,60,73)(H,61,66)(H,62,72)(H,64,65)(H,74,75)/t29-,30-,32-,33-,34-,35-,36-,37-,38-,41-/m0/s1. The molecule has 18 N–H and O–H groups in total. The summed E-state index contributed by atoms with van der Waals surface area (Å²) in [5, 5.41) is 39.2. The van der Waals surface area contributed by atoms with E-state index in [1.54, 1.807) is 71.9 Å². The number of carbonyl (C=O) groups excluding carboxylic acids is 9. The average molecular weight is 1060 g/mol. The molecule has 1 aromatic rings. The van der Waals surface area contributed by atoms with Crippen LogP contribution in [0.2, 0.25) is 0 Å². The zero-order valence-corrected chi connectivity index (χ0v) is 44.4. The second kappa shape index (κ2) is 34.7. The predicted octanol–water partition coefficient (Wildman–Crippen LogP) is -1.71. The van der Waals surface area contributed by atoms with Crippen LogP contribution in [0.15, 0.2) is 30.3 Å². The summed E-state index contributed by atoms with van der Waals surface area (Å²) in [4.78, 5) is 146. The summed E-state index contributed by atoms with van der Waals surface area (Å²) in [6.07, 6.45) is 0.786. The number of aliphatic carboxylic acids is 2. The van der Waals surface area contributed by atoms with Crippen molar-refractivity contribution in [2.24, 2.45) is 40.7 Å². The quantitative estimate of drug-likeness (QED) is 0.0330. The van der Waals surface area contributed by atoms with Crippen molar-refractivity contribution in [2.45, 2.75) is 180 Å². The molecule has 0 fully saturated rings. The van der Waals surface area contributed by atoms with Crippen molar-refractivity contribution in [1.82, 2.24) is 42.5 Å². The Morgan fingerprint density at radius 2 is 0.960 bits per heavy atom. The van der Waals surface area contributed by atoms with Gasteiger partial charge in [-0.1, -0.05) is 84.7 Å². The molecule has 0 aromatic heterocycles. The number of carbonyl (C=O) groups is 11. The van der Waals surface area contributed by atoms with E-state index in [1.165, 1.54) is 6.92 Å². The molecule has 1 rings (SSSR count). The maximum Gasteiger partial charge on any atom is 0.326 e. The van der Waals surface area contributed by atoms with Crippen molar-refractivity contribution in [3.63, 3.8) is 0 Å². The van der Waals surface area contributed by atoms with Gasteiger partial charge in [-0.3, -0.25) is 47.9 Å². The van der Waals surface area contributed by atoms with Crippen LogP contribution in [0.25, 0.3) is 0 Å². The number of unbranched alkanes of at least 4 members (excludes halogenated alkanes) is 2. The van der Waals surface area contributed by atoms with Gasteiger partial charge in [0.05, 0.1) is 18.9 Å². The van der Waals surface area contributed by atoms with Gasteiger partial charge in [-0.15, -0.1) is 0 Å². The first-order chi connectivity index (χ1) is 35.2. The summed E-state index contributed by atoms with van der Waals surface area (Å²) in [7, 11) is 0. The highest BCUT2D eigenvalue weighted by atomic mass is 16.4. The number of carboxylic acids is 2. The SMILES string of the molecule is CC[C@H](C)[C@H](NC(=O)[C@H](Cc1ccccc1)NC(=O)[C@@H](N)CCCCN)C(=O)N[C@@H](CC(N)=O)C(=O)N[C@@H](CCCCN)C(=O)N[C@@H](CC(C)C)C(=O)N[C@@H](CC(=O)O)C(=O)N[C@@H](C)C(=O)N[C@@H](CC(C)C)C(=O)O. The lowest BCUT2D eigenvalue weighted by Gasteiger charge is -2.29. The number of rotatable bonds is 37. The van der Waals surface area contributed by atoms with Crippen LogP contribution in [0, 0.1) is 17.8 Å². The first-order valence-corrected chi connectivity index (χ1v) is 25.6. The fraction of sp³-hybridized carbons (Fsp3) is 0.660. The van der Waals surface area contributed by atoms with E-state index in [9.17, 15) is 63.0 Å². The minimum absolute atomic E-state index is 0.0249. The molecule has 0 bridgehead atoms. The molecular weight excluding hydrogens is 977 g/mol. The molecule has 0 aliphatic rings. The molecule has 0 aliphatic heterocycles. The Bertz CT molecular complexity index is 2060. The van der Waals surface area contributed by atoms with Crippen LogP contribution in [-0.4, -0.2) is 143 Å². The van der Waals surface area contributed by atoms with Crippen LogP contribution in [-0.2, 0) is 59.2 Å². The number of hydrogen-bond donors (Lipinski definition) is 14. The van der Waals surface area contributed by atoms with Crippen LogP contribution in [0.5, 0.6) is 0 Å². The molecule has 0 spiro atoms. The van der Waals surface area contributed by atoms with E-state index in [4.69, 9.17) is 22.9 Å². The van der Waals surface area contributed by atoms with Crippen molar-refractivity contribution >= 4 is 65.1 Å². The predicted molar refractivity (Wildman–Crippen MR) is 277 cm³/mol. The van der Waals surface area contributed by atoms with Crippen LogP contribution in [0.1, 0.15) is 125 Å². The lowest BCUT2D eigenvalue weighted by Crippen LogP contribution is -2.61. The fourth-order valence-electron chi connectivity index (χ4n) is 7.64. The van der Waals surface area contributed by atoms with Crippen molar-refractivity contribution < 1.29 is 63.0 Å². The fourth-order valence-corrected chi connectivity index (χ4v) is 7.64. The van der Waals surface area contributed by atoms with Crippen LogP contribution in [0.3, 0.4) is 0 Å². The molecule has 75 heavy (non-hydrogen) atoms. The van der Waals surface area contributed by atoms with Gasteiger partial charge in [0.1, 0.15) is 48.3 Å². The third kappa shape index (κ3) is 25.9. The highest BCUT2D eigenvalue weighted by Crippen LogP contribution is 2.14. The summed E-state index contributed by atoms with van der Waals surface area (Å²) < 4.78 is 0. The van der Waals surface area contributed by atoms with E-state index in [2.05, 4.69) is 42.5 Å². The number of carboxylic acid groups (broad SMARTS) is 2. The van der Waals surface area contributed by atoms with Gasteiger partial charge in [0.2, 0.25) is 53.2 Å². The van der Waals surface area contributed by atoms with Gasteiger partial charge >= 0.3 is 11.9 Å². The first kappa shape index (κ1) is 66.3. The highest BCUT2D eigenvalue weighted by Gasteiger charge is 2.37. The van der Waals surface area contributed by atoms with E-state index in [0.717, 1.165) is 0 Å². The van der Waals surface area contributed by atoms with Gasteiger partial charge in [-0.2, -0.15) is 0 Å². The molecule has 0 unspecified atom stereocenters. The van der Waals surface area contributed by atoms with E-state index in [-0.39, 0.29) is 50.5 Å². The Labute approximate surface area is 439 Å². The molecule has 10 atom stereocenters. The first-order valence-electron chi connectivity index (χ1n) is 25.6. The van der Waals surface area contributed by atoms with Gasteiger partial charge in [0.25, 0.3) is 0 Å². The van der Waals surface area contributed by atoms with Crippen molar-refractivity contribution in [2.75, 3.05) is 13.1 Å². The van der Waals surface area contributed by atoms with E-state index < -0.39 is 138 Å². The van der Waals surface area contributed by atoms with Crippen LogP contribution in [0.4, 0.5) is 0 Å². The number of nitrogens with one attached hydrogen (secondary N) is 8. The maximum atomic E-state index is 14.2. The normalized spacial score (nSPS) is 15.2. The smallest absolute Gasteiger partial charge is 0.326 e. The molecule has 0 heterocycles. The van der Waals surface area contributed by atoms with Crippen LogP contribution < -0.4 is 65.5 Å². The number of nitrogens with two attached hydrogens (primary N) is 4. The zero-order chi connectivity index (χ0) is 56.9. The molecule has 0 saturated carbocycles. The van der Waals surface area contributed by atoms with Gasteiger partial charge in [0, 0.05) is 6.42 Å². The Morgan fingerprint density at radius 3 is 1.49 bits per heavy atom. The monoisotopic (exact) mass is 1060 g/mol. The third-order valence-electron chi connectivity index (χ3n) is 12.1. The molecule has 0 aliphatic carbocycles. The lowest BCUT2D eigenvalue weighted by atomic mass is 9.96. The third-order valence-corrected chi connectivity index (χ3v) is 12.1. The van der Waals surface area contributed by atoms with E-state index in [1.807, 2.05) is 0 Å². The molecule has 25 heteroatoms. The van der Waals surface area contributed by atoms with Crippen molar-refractivity contribution in [3.05, 3.63) is 35.9 Å². The van der Waals surface area contributed by atoms with Gasteiger partial charge < -0.3 is 75.7 Å². The molecule has 422 valence electrons. The number of hydrogen-bond acceptors (Lipinski definition) is 14. The summed E-state index contributed by atoms with van der Waals surface area (Å²) in [5.74, 6) is -12.0. The second-order valence-corrected chi connectivity index (χ2v) is 19.7. The van der Waals surface area contributed by atoms with Gasteiger partial charge in [-0.25, -0.2) is 4.79 Å². The molecular formula is C50H84N12O13. The number of amides is 9. The Balaban J connectivity index is 3.46. The molecule has 0 radical (unpaired) electrons. The van der Waals surface area contributed by atoms with E-state index in [0.29, 0.717) is 44.2 Å². The summed E-state index contributed by atoms with van der Waals surface area (Å²) in [5.41, 5.74) is 23.7. The summed E-state index contributed by atoms with van der Waals surface area (Å²) >= 11 is 0. The van der Waals surface area contributed by atoms with E-state index >= 15 is 0 Å². The topological polar surface area (TPSA) is 429 Å². The molecule has 1 aromatic carbocycles. The average Bonchev–Trinajstić information content (AvgIpc) is 3.33. The molecule has 0 saturated heterocycles. The summed E-state index contributed by atoms with van der Waals surface area (Å²) in [6.45, 7) is 12.2. The molecule has 25 nitrogen and oxygen atoms in total. The van der Waals surface area contributed by atoms with Crippen LogP contribution >= 0.6 is 0 Å². The second-order valence-electron chi connectivity index (χ2n) is 19.7. The zero-order valence-electron chi connectivity index (χ0n) is 44.4. The van der Waals surface area contributed by atoms with Gasteiger partial charge in [-0.05, 0) is 88.3 Å². The number of benzene rings is 1. The minimum atomic E-state index is -1.78. The van der Waals surface area contributed by atoms with Gasteiger partial charge in [0.15, 0.2) is 0 Å². The largest absolute Gasteiger partial charge is 0.481 e. The van der Waals surface area contributed by atoms with Crippen molar-refractivity contribution in [3.8, 4) is 0 Å². The highest BCUT2D eigenvalue weighted by molar-refractivity contribution is 5.99. The number of primary amides is 1.